The topological polar surface area (TPSA) is 20.2 Å². The van der Waals surface area contributed by atoms with Crippen molar-refractivity contribution in [2.24, 2.45) is 11.3 Å². The summed E-state index contributed by atoms with van der Waals surface area (Å²) in [5.74, 6) is 1.02. The van der Waals surface area contributed by atoms with Crippen molar-refractivity contribution in [3.63, 3.8) is 0 Å². The van der Waals surface area contributed by atoms with Gasteiger partial charge in [-0.2, -0.15) is 0 Å². The largest absolute Gasteiger partial charge is 0.400 e. The van der Waals surface area contributed by atoms with Crippen molar-refractivity contribution in [1.82, 2.24) is 0 Å². The summed E-state index contributed by atoms with van der Waals surface area (Å²) >= 11 is 0. The lowest BCUT2D eigenvalue weighted by Crippen LogP contribution is -2.25. The van der Waals surface area contributed by atoms with E-state index >= 15 is 0 Å². The molecule has 1 rings (SSSR count). The van der Waals surface area contributed by atoms with E-state index in [1.165, 1.54) is 38.5 Å². The number of aliphatic hydroxyl groups excluding tert-OH is 1. The lowest BCUT2D eigenvalue weighted by atomic mass is 9.70. The second kappa shape index (κ2) is 10.5. The van der Waals surface area contributed by atoms with Crippen molar-refractivity contribution in [2.75, 3.05) is 7.11 Å². The van der Waals surface area contributed by atoms with E-state index in [-0.39, 0.29) is 0 Å². The Bertz CT molecular complexity index is 113. The maximum absolute atomic E-state index is 7.00. The fraction of sp³-hybridized carbons (Fsp3) is 1.00. The molecule has 94 valence electrons. The first-order chi connectivity index (χ1) is 7.17. The fourth-order valence-corrected chi connectivity index (χ4v) is 2.17. The summed E-state index contributed by atoms with van der Waals surface area (Å²) in [7, 11) is 1.00. The molecule has 0 spiro atoms. The summed E-state index contributed by atoms with van der Waals surface area (Å²) in [6.07, 6.45) is 8.76. The normalized spacial score (nSPS) is 17.0. The minimum atomic E-state index is 0.612. The van der Waals surface area contributed by atoms with Gasteiger partial charge in [-0.15, -0.1) is 0 Å². The van der Waals surface area contributed by atoms with Gasteiger partial charge in [0.1, 0.15) is 0 Å². The van der Waals surface area contributed by atoms with E-state index in [1.807, 2.05) is 13.8 Å². The zero-order chi connectivity index (χ0) is 12.3. The van der Waals surface area contributed by atoms with Crippen LogP contribution >= 0.6 is 0 Å². The molecule has 1 heteroatoms. The summed E-state index contributed by atoms with van der Waals surface area (Å²) in [6, 6.07) is 0. The van der Waals surface area contributed by atoms with E-state index in [1.54, 1.807) is 0 Å². The second-order valence-corrected chi connectivity index (χ2v) is 4.68. The highest BCUT2D eigenvalue weighted by Gasteiger charge is 2.28. The molecule has 1 aliphatic carbocycles. The zero-order valence-electron chi connectivity index (χ0n) is 11.8. The lowest BCUT2D eigenvalue weighted by Gasteiger charge is -2.36. The molecule has 0 aromatic carbocycles. The molecular formula is C14H32O. The van der Waals surface area contributed by atoms with Crippen molar-refractivity contribution in [3.05, 3.63) is 0 Å². The molecule has 0 atom stereocenters. The van der Waals surface area contributed by atoms with Gasteiger partial charge in [0.25, 0.3) is 0 Å². The van der Waals surface area contributed by atoms with Crippen molar-refractivity contribution < 1.29 is 5.11 Å². The van der Waals surface area contributed by atoms with Crippen LogP contribution in [0.1, 0.15) is 73.1 Å². The highest BCUT2D eigenvalue weighted by molar-refractivity contribution is 4.79. The Kier molecular flexibility index (Phi) is 12.1. The zero-order valence-corrected chi connectivity index (χ0v) is 11.8. The molecule has 1 fully saturated rings. The fourth-order valence-electron chi connectivity index (χ4n) is 2.17. The summed E-state index contributed by atoms with van der Waals surface area (Å²) in [5, 5.41) is 7.00. The van der Waals surface area contributed by atoms with Crippen molar-refractivity contribution in [3.8, 4) is 0 Å². The first-order valence-electron chi connectivity index (χ1n) is 6.61. The van der Waals surface area contributed by atoms with Gasteiger partial charge in [-0.05, 0) is 24.2 Å². The number of rotatable bonds is 2. The Morgan fingerprint density at radius 2 is 1.40 bits per heavy atom. The van der Waals surface area contributed by atoms with Gasteiger partial charge in [-0.1, -0.05) is 60.3 Å². The standard InChI is InChI=1S/C11H22.C2H6.CH4O/c1-4-11(2,3)10-8-6-5-7-9-10;2*1-2/h10H,4-9H2,1-3H3;1-2H3;2H,1H3. The summed E-state index contributed by atoms with van der Waals surface area (Å²) in [6.45, 7) is 11.2. The molecule has 1 aliphatic rings. The van der Waals surface area contributed by atoms with Crippen LogP contribution in [0.2, 0.25) is 0 Å². The average Bonchev–Trinajstić information content (AvgIpc) is 2.35. The van der Waals surface area contributed by atoms with Crippen LogP contribution in [-0.4, -0.2) is 12.2 Å². The smallest absolute Gasteiger partial charge is 0.0319 e. The molecule has 0 saturated heterocycles. The van der Waals surface area contributed by atoms with E-state index in [9.17, 15) is 0 Å². The van der Waals surface area contributed by atoms with Gasteiger partial charge in [0.15, 0.2) is 0 Å². The van der Waals surface area contributed by atoms with Crippen LogP contribution in [0, 0.1) is 11.3 Å². The van der Waals surface area contributed by atoms with Gasteiger partial charge in [0.2, 0.25) is 0 Å². The molecule has 1 N–H and O–H groups in total. The molecule has 15 heavy (non-hydrogen) atoms. The minimum absolute atomic E-state index is 0.612. The Morgan fingerprint density at radius 1 is 1.00 bits per heavy atom. The molecule has 1 nitrogen and oxygen atoms in total. The van der Waals surface area contributed by atoms with E-state index < -0.39 is 0 Å². The Morgan fingerprint density at radius 3 is 1.73 bits per heavy atom. The number of hydrogen-bond donors (Lipinski definition) is 1. The van der Waals surface area contributed by atoms with Crippen LogP contribution in [0.25, 0.3) is 0 Å². The SMILES string of the molecule is CC.CCC(C)(C)C1CCCCC1.CO. The van der Waals surface area contributed by atoms with E-state index in [2.05, 4.69) is 20.8 Å². The first kappa shape index (κ1) is 17.4. The highest BCUT2D eigenvalue weighted by Crippen LogP contribution is 2.40. The summed E-state index contributed by atoms with van der Waals surface area (Å²) in [5.41, 5.74) is 0.612. The molecule has 0 aromatic rings. The number of aliphatic hydroxyl groups is 1. The third-order valence-electron chi connectivity index (χ3n) is 3.62. The molecule has 0 radical (unpaired) electrons. The van der Waals surface area contributed by atoms with Crippen molar-refractivity contribution in [2.45, 2.75) is 73.1 Å². The number of hydrogen-bond acceptors (Lipinski definition) is 1. The van der Waals surface area contributed by atoms with E-state index in [4.69, 9.17) is 5.11 Å². The second-order valence-electron chi connectivity index (χ2n) is 4.68. The maximum atomic E-state index is 7.00. The molecule has 0 unspecified atom stereocenters. The minimum Gasteiger partial charge on any atom is -0.400 e. The van der Waals surface area contributed by atoms with Crippen molar-refractivity contribution >= 4 is 0 Å². The molecule has 0 amide bonds. The molecule has 0 bridgehead atoms. The quantitative estimate of drug-likeness (QED) is 0.713. The van der Waals surface area contributed by atoms with Crippen LogP contribution in [0.5, 0.6) is 0 Å². The summed E-state index contributed by atoms with van der Waals surface area (Å²) < 4.78 is 0. The summed E-state index contributed by atoms with van der Waals surface area (Å²) in [4.78, 5) is 0. The van der Waals surface area contributed by atoms with Gasteiger partial charge >= 0.3 is 0 Å². The monoisotopic (exact) mass is 216 g/mol. The van der Waals surface area contributed by atoms with Gasteiger partial charge < -0.3 is 5.11 Å². The Balaban J connectivity index is 0. The van der Waals surface area contributed by atoms with Crippen LogP contribution in [-0.2, 0) is 0 Å². The van der Waals surface area contributed by atoms with E-state index in [0.717, 1.165) is 13.0 Å². The van der Waals surface area contributed by atoms with Crippen LogP contribution < -0.4 is 0 Å². The van der Waals surface area contributed by atoms with Crippen LogP contribution in [0.3, 0.4) is 0 Å². The van der Waals surface area contributed by atoms with Gasteiger partial charge in [0.05, 0.1) is 0 Å². The molecule has 0 aromatic heterocycles. The maximum Gasteiger partial charge on any atom is 0.0319 e. The van der Waals surface area contributed by atoms with Gasteiger partial charge in [-0.25, -0.2) is 0 Å². The van der Waals surface area contributed by atoms with Crippen LogP contribution in [0.4, 0.5) is 0 Å². The predicted octanol–water partition coefficient (Wildman–Crippen LogP) is 4.64. The van der Waals surface area contributed by atoms with Crippen LogP contribution in [0.15, 0.2) is 0 Å². The Labute approximate surface area is 97.3 Å². The molecule has 0 aliphatic heterocycles. The lowest BCUT2D eigenvalue weighted by molar-refractivity contribution is 0.152. The third-order valence-corrected chi connectivity index (χ3v) is 3.62. The van der Waals surface area contributed by atoms with E-state index in [0.29, 0.717) is 5.41 Å². The first-order valence-corrected chi connectivity index (χ1v) is 6.61. The average molecular weight is 216 g/mol. The van der Waals surface area contributed by atoms with Gasteiger partial charge in [0, 0.05) is 7.11 Å². The molecule has 1 saturated carbocycles. The van der Waals surface area contributed by atoms with Crippen molar-refractivity contribution in [1.29, 1.82) is 0 Å². The van der Waals surface area contributed by atoms with Gasteiger partial charge in [-0.3, -0.25) is 0 Å². The predicted molar refractivity (Wildman–Crippen MR) is 70.1 cm³/mol. The Hall–Kier alpha value is -0.0400. The highest BCUT2D eigenvalue weighted by atomic mass is 16.2. The molecule has 0 heterocycles. The third kappa shape index (κ3) is 6.94. The molecular weight excluding hydrogens is 184 g/mol.